The van der Waals surface area contributed by atoms with Crippen molar-refractivity contribution in [1.82, 2.24) is 14.6 Å². The maximum absolute atomic E-state index is 4.54. The molecule has 0 amide bonds. The number of hydrogen-bond donors (Lipinski definition) is 0. The molecule has 0 aliphatic carbocycles. The van der Waals surface area contributed by atoms with E-state index in [1.807, 2.05) is 41.0 Å². The molecule has 0 aliphatic heterocycles. The second kappa shape index (κ2) is 4.53. The third-order valence-corrected chi connectivity index (χ3v) is 3.62. The molecule has 0 unspecified atom stereocenters. The summed E-state index contributed by atoms with van der Waals surface area (Å²) in [5.74, 6) is 0.840. The summed E-state index contributed by atoms with van der Waals surface area (Å²) in [5.41, 5.74) is 3.30. The number of aromatic nitrogens is 3. The zero-order chi connectivity index (χ0) is 12.5. The molecular weight excluding hydrogens is 290 g/mol. The molecule has 1 aromatic carbocycles. The van der Waals surface area contributed by atoms with Crippen LogP contribution in [0.1, 0.15) is 17.0 Å². The van der Waals surface area contributed by atoms with Crippen LogP contribution in [0.5, 0.6) is 0 Å². The topological polar surface area (TPSA) is 30.2 Å². The van der Waals surface area contributed by atoms with Crippen molar-refractivity contribution in [2.45, 2.75) is 13.3 Å². The van der Waals surface area contributed by atoms with E-state index in [2.05, 4.69) is 39.0 Å². The Bertz CT molecular complexity index is 703. The average Bonchev–Trinajstić information content (AvgIpc) is 2.73. The number of benzene rings is 1. The third-order valence-electron chi connectivity index (χ3n) is 2.84. The van der Waals surface area contributed by atoms with E-state index < -0.39 is 0 Å². The fourth-order valence-electron chi connectivity index (χ4n) is 1.92. The number of aryl methyl sites for hydroxylation is 1. The number of rotatable bonds is 2. The molecule has 0 saturated heterocycles. The fourth-order valence-corrected chi connectivity index (χ4v) is 2.34. The lowest BCUT2D eigenvalue weighted by molar-refractivity contribution is 0.897. The minimum atomic E-state index is 0.738. The van der Waals surface area contributed by atoms with Crippen LogP contribution in [0.25, 0.3) is 5.65 Å². The van der Waals surface area contributed by atoms with Gasteiger partial charge in [0, 0.05) is 17.1 Å². The Morgan fingerprint density at radius 2 is 2.06 bits per heavy atom. The highest BCUT2D eigenvalue weighted by molar-refractivity contribution is 9.10. The van der Waals surface area contributed by atoms with Gasteiger partial charge in [0.15, 0.2) is 11.5 Å². The van der Waals surface area contributed by atoms with Gasteiger partial charge < -0.3 is 0 Å². The molecule has 3 aromatic rings. The van der Waals surface area contributed by atoms with Crippen LogP contribution in [-0.4, -0.2) is 14.6 Å². The molecule has 2 aromatic heterocycles. The smallest absolute Gasteiger partial charge is 0.156 e. The number of pyridine rings is 1. The third kappa shape index (κ3) is 2.16. The van der Waals surface area contributed by atoms with Crippen molar-refractivity contribution in [1.29, 1.82) is 0 Å². The van der Waals surface area contributed by atoms with Gasteiger partial charge in [-0.15, -0.1) is 0 Å². The van der Waals surface area contributed by atoms with E-state index >= 15 is 0 Å². The maximum Gasteiger partial charge on any atom is 0.156 e. The molecule has 90 valence electrons. The number of nitrogens with zero attached hydrogens (tertiary/aromatic N) is 3. The van der Waals surface area contributed by atoms with Crippen LogP contribution in [0.3, 0.4) is 0 Å². The number of halogens is 1. The van der Waals surface area contributed by atoms with Crippen LogP contribution >= 0.6 is 15.9 Å². The molecule has 0 aliphatic rings. The SMILES string of the molecule is Cc1ccn2nc(Cc3ccccc3Br)nc2c1. The van der Waals surface area contributed by atoms with Gasteiger partial charge in [-0.1, -0.05) is 34.1 Å². The minimum Gasteiger partial charge on any atom is -0.221 e. The highest BCUT2D eigenvalue weighted by atomic mass is 79.9. The second-order valence-corrected chi connectivity index (χ2v) is 5.16. The lowest BCUT2D eigenvalue weighted by Crippen LogP contribution is -1.92. The van der Waals surface area contributed by atoms with Crippen molar-refractivity contribution in [3.63, 3.8) is 0 Å². The summed E-state index contributed by atoms with van der Waals surface area (Å²) in [6.07, 6.45) is 2.68. The molecule has 3 nitrogen and oxygen atoms in total. The van der Waals surface area contributed by atoms with Crippen molar-refractivity contribution in [2.24, 2.45) is 0 Å². The zero-order valence-electron chi connectivity index (χ0n) is 9.97. The molecule has 0 fully saturated rings. The van der Waals surface area contributed by atoms with Gasteiger partial charge in [0.1, 0.15) is 0 Å². The molecule has 4 heteroatoms. The number of fused-ring (bicyclic) bond motifs is 1. The Balaban J connectivity index is 1.98. The minimum absolute atomic E-state index is 0.738. The lowest BCUT2D eigenvalue weighted by Gasteiger charge is -1.99. The highest BCUT2D eigenvalue weighted by Gasteiger charge is 2.06. The predicted octanol–water partition coefficient (Wildman–Crippen LogP) is 3.39. The van der Waals surface area contributed by atoms with Crippen molar-refractivity contribution in [3.8, 4) is 0 Å². The number of hydrogen-bond acceptors (Lipinski definition) is 2. The monoisotopic (exact) mass is 301 g/mol. The average molecular weight is 302 g/mol. The van der Waals surface area contributed by atoms with E-state index in [9.17, 15) is 0 Å². The van der Waals surface area contributed by atoms with Crippen molar-refractivity contribution in [3.05, 3.63) is 64.0 Å². The second-order valence-electron chi connectivity index (χ2n) is 4.30. The summed E-state index contributed by atoms with van der Waals surface area (Å²) >= 11 is 3.55. The molecule has 0 saturated carbocycles. The van der Waals surface area contributed by atoms with Crippen LogP contribution in [-0.2, 0) is 6.42 Å². The van der Waals surface area contributed by atoms with Crippen LogP contribution < -0.4 is 0 Å². The van der Waals surface area contributed by atoms with E-state index in [4.69, 9.17) is 0 Å². The van der Waals surface area contributed by atoms with Gasteiger partial charge in [-0.05, 0) is 36.2 Å². The summed E-state index contributed by atoms with van der Waals surface area (Å²) in [6.45, 7) is 2.06. The van der Waals surface area contributed by atoms with Gasteiger partial charge in [-0.25, -0.2) is 9.50 Å². The Hall–Kier alpha value is -1.68. The Morgan fingerprint density at radius 3 is 2.89 bits per heavy atom. The first-order valence-corrected chi connectivity index (χ1v) is 6.57. The van der Waals surface area contributed by atoms with E-state index in [-0.39, 0.29) is 0 Å². The van der Waals surface area contributed by atoms with E-state index in [0.29, 0.717) is 0 Å². The summed E-state index contributed by atoms with van der Waals surface area (Å²) < 4.78 is 2.92. The van der Waals surface area contributed by atoms with Gasteiger partial charge in [-0.3, -0.25) is 0 Å². The highest BCUT2D eigenvalue weighted by Crippen LogP contribution is 2.18. The summed E-state index contributed by atoms with van der Waals surface area (Å²) in [5, 5.41) is 4.47. The predicted molar refractivity (Wildman–Crippen MR) is 74.7 cm³/mol. The standard InChI is InChI=1S/C14H12BrN3/c1-10-6-7-18-14(8-10)16-13(17-18)9-11-4-2-3-5-12(11)15/h2-8H,9H2,1H3. The Morgan fingerprint density at radius 1 is 1.22 bits per heavy atom. The normalized spacial score (nSPS) is 11.0. The van der Waals surface area contributed by atoms with Gasteiger partial charge >= 0.3 is 0 Å². The molecule has 0 N–H and O–H groups in total. The molecule has 0 spiro atoms. The van der Waals surface area contributed by atoms with Gasteiger partial charge in [0.25, 0.3) is 0 Å². The Labute approximate surface area is 114 Å². The molecule has 18 heavy (non-hydrogen) atoms. The van der Waals surface area contributed by atoms with Crippen LogP contribution in [0.4, 0.5) is 0 Å². The molecule has 0 atom stereocenters. The van der Waals surface area contributed by atoms with Gasteiger partial charge in [0.05, 0.1) is 0 Å². The first kappa shape index (κ1) is 11.4. The zero-order valence-corrected chi connectivity index (χ0v) is 11.6. The first-order chi connectivity index (χ1) is 8.72. The summed E-state index contributed by atoms with van der Waals surface area (Å²) in [7, 11) is 0. The molecule has 2 heterocycles. The van der Waals surface area contributed by atoms with Crippen LogP contribution in [0.2, 0.25) is 0 Å². The van der Waals surface area contributed by atoms with Crippen molar-refractivity contribution < 1.29 is 0 Å². The Kier molecular flexibility index (Phi) is 2.88. The molecule has 0 bridgehead atoms. The lowest BCUT2D eigenvalue weighted by atomic mass is 10.1. The van der Waals surface area contributed by atoms with Gasteiger partial charge in [-0.2, -0.15) is 5.10 Å². The first-order valence-electron chi connectivity index (χ1n) is 5.78. The fraction of sp³-hybridized carbons (Fsp3) is 0.143. The quantitative estimate of drug-likeness (QED) is 0.726. The van der Waals surface area contributed by atoms with Gasteiger partial charge in [0.2, 0.25) is 0 Å². The van der Waals surface area contributed by atoms with E-state index in [1.165, 1.54) is 11.1 Å². The largest absolute Gasteiger partial charge is 0.221 e. The molecule has 3 rings (SSSR count). The van der Waals surface area contributed by atoms with E-state index in [1.54, 1.807) is 0 Å². The van der Waals surface area contributed by atoms with Crippen molar-refractivity contribution in [2.75, 3.05) is 0 Å². The van der Waals surface area contributed by atoms with Crippen LogP contribution in [0.15, 0.2) is 47.1 Å². The summed E-state index contributed by atoms with van der Waals surface area (Å²) in [4.78, 5) is 4.54. The van der Waals surface area contributed by atoms with E-state index in [0.717, 1.165) is 22.4 Å². The molecular formula is C14H12BrN3. The van der Waals surface area contributed by atoms with Crippen LogP contribution in [0, 0.1) is 6.92 Å². The summed E-state index contributed by atoms with van der Waals surface area (Å²) in [6, 6.07) is 12.2. The van der Waals surface area contributed by atoms with Crippen molar-refractivity contribution >= 4 is 21.6 Å². The maximum atomic E-state index is 4.54. The molecule has 0 radical (unpaired) electrons.